The lowest BCUT2D eigenvalue weighted by atomic mass is 9.92. The standard InChI is InChI=1S/C14H18N4O2/c1-8-10-6-9(7-15-13(10)18-17-8)14(20)16-11-4-2-3-5-12(11)19/h6-7,11-12,19H,2-5H2,1H3,(H,16,20)(H,15,17,18). The van der Waals surface area contributed by atoms with E-state index in [0.717, 1.165) is 36.8 Å². The molecule has 0 bridgehead atoms. The maximum Gasteiger partial charge on any atom is 0.253 e. The van der Waals surface area contributed by atoms with E-state index in [2.05, 4.69) is 20.5 Å². The van der Waals surface area contributed by atoms with Crippen LogP contribution < -0.4 is 5.32 Å². The lowest BCUT2D eigenvalue weighted by Crippen LogP contribution is -2.45. The number of nitrogens with zero attached hydrogens (tertiary/aromatic N) is 2. The number of aromatic nitrogens is 3. The van der Waals surface area contributed by atoms with Crippen molar-refractivity contribution in [2.75, 3.05) is 0 Å². The molecule has 2 unspecified atom stereocenters. The van der Waals surface area contributed by atoms with E-state index < -0.39 is 6.10 Å². The number of hydrogen-bond donors (Lipinski definition) is 3. The smallest absolute Gasteiger partial charge is 0.253 e. The topological polar surface area (TPSA) is 90.9 Å². The molecule has 0 radical (unpaired) electrons. The van der Waals surface area contributed by atoms with Crippen LogP contribution in [0.15, 0.2) is 12.3 Å². The van der Waals surface area contributed by atoms with Crippen LogP contribution in [-0.4, -0.2) is 38.3 Å². The fourth-order valence-electron chi connectivity index (χ4n) is 2.68. The number of aliphatic hydroxyl groups is 1. The maximum atomic E-state index is 12.2. The fraction of sp³-hybridized carbons (Fsp3) is 0.500. The summed E-state index contributed by atoms with van der Waals surface area (Å²) in [5.74, 6) is -0.189. The van der Waals surface area contributed by atoms with E-state index in [1.165, 1.54) is 6.20 Å². The van der Waals surface area contributed by atoms with Crippen molar-refractivity contribution >= 4 is 16.9 Å². The minimum Gasteiger partial charge on any atom is -0.391 e. The van der Waals surface area contributed by atoms with Gasteiger partial charge in [-0.2, -0.15) is 5.10 Å². The molecule has 2 atom stereocenters. The minimum atomic E-state index is -0.444. The Hall–Kier alpha value is -1.95. The first-order chi connectivity index (χ1) is 9.65. The fourth-order valence-corrected chi connectivity index (χ4v) is 2.68. The van der Waals surface area contributed by atoms with Gasteiger partial charge in [0.2, 0.25) is 0 Å². The zero-order valence-electron chi connectivity index (χ0n) is 11.4. The number of aliphatic hydroxyl groups excluding tert-OH is 1. The molecule has 20 heavy (non-hydrogen) atoms. The summed E-state index contributed by atoms with van der Waals surface area (Å²) < 4.78 is 0. The molecule has 6 nitrogen and oxygen atoms in total. The van der Waals surface area contributed by atoms with Gasteiger partial charge in [0.05, 0.1) is 17.7 Å². The summed E-state index contributed by atoms with van der Waals surface area (Å²) in [7, 11) is 0. The van der Waals surface area contributed by atoms with Gasteiger partial charge in [-0.1, -0.05) is 12.8 Å². The predicted molar refractivity (Wildman–Crippen MR) is 74.4 cm³/mol. The number of aromatic amines is 1. The van der Waals surface area contributed by atoms with E-state index in [1.54, 1.807) is 6.07 Å². The number of aryl methyl sites for hydroxylation is 1. The van der Waals surface area contributed by atoms with Gasteiger partial charge in [0.1, 0.15) is 0 Å². The second kappa shape index (κ2) is 5.20. The van der Waals surface area contributed by atoms with Gasteiger partial charge < -0.3 is 10.4 Å². The highest BCUT2D eigenvalue weighted by Gasteiger charge is 2.25. The number of fused-ring (bicyclic) bond motifs is 1. The molecule has 1 aliphatic rings. The molecule has 3 rings (SSSR count). The van der Waals surface area contributed by atoms with Crippen LogP contribution in [0.2, 0.25) is 0 Å². The lowest BCUT2D eigenvalue weighted by Gasteiger charge is -2.28. The van der Waals surface area contributed by atoms with E-state index in [0.29, 0.717) is 11.2 Å². The Labute approximate surface area is 116 Å². The summed E-state index contributed by atoms with van der Waals surface area (Å²) in [5.41, 5.74) is 2.00. The van der Waals surface area contributed by atoms with Crippen LogP contribution in [0.4, 0.5) is 0 Å². The molecule has 2 heterocycles. The molecule has 3 N–H and O–H groups in total. The minimum absolute atomic E-state index is 0.155. The quantitative estimate of drug-likeness (QED) is 0.770. The van der Waals surface area contributed by atoms with E-state index in [-0.39, 0.29) is 11.9 Å². The second-order valence-electron chi connectivity index (χ2n) is 5.38. The number of amides is 1. The Kier molecular flexibility index (Phi) is 3.40. The molecule has 1 saturated carbocycles. The van der Waals surface area contributed by atoms with Crippen LogP contribution in [-0.2, 0) is 0 Å². The van der Waals surface area contributed by atoms with Crippen LogP contribution in [0, 0.1) is 6.92 Å². The Morgan fingerprint density at radius 3 is 3.05 bits per heavy atom. The molecule has 1 amide bonds. The largest absolute Gasteiger partial charge is 0.391 e. The second-order valence-corrected chi connectivity index (χ2v) is 5.38. The van der Waals surface area contributed by atoms with Crippen molar-refractivity contribution in [1.29, 1.82) is 0 Å². The summed E-state index contributed by atoms with van der Waals surface area (Å²) in [6, 6.07) is 1.63. The zero-order valence-corrected chi connectivity index (χ0v) is 11.4. The summed E-state index contributed by atoms with van der Waals surface area (Å²) in [4.78, 5) is 16.4. The van der Waals surface area contributed by atoms with Crippen LogP contribution in [0.5, 0.6) is 0 Å². The Morgan fingerprint density at radius 2 is 2.25 bits per heavy atom. The van der Waals surface area contributed by atoms with E-state index in [1.807, 2.05) is 6.92 Å². The number of nitrogens with one attached hydrogen (secondary N) is 2. The van der Waals surface area contributed by atoms with Crippen LogP contribution in [0.1, 0.15) is 41.7 Å². The van der Waals surface area contributed by atoms with Gasteiger partial charge in [-0.3, -0.25) is 9.89 Å². The first-order valence-corrected chi connectivity index (χ1v) is 6.95. The van der Waals surface area contributed by atoms with E-state index in [4.69, 9.17) is 0 Å². The van der Waals surface area contributed by atoms with Gasteiger partial charge >= 0.3 is 0 Å². The van der Waals surface area contributed by atoms with Gasteiger partial charge in [0.15, 0.2) is 5.65 Å². The van der Waals surface area contributed by atoms with Crippen molar-refractivity contribution in [2.24, 2.45) is 0 Å². The number of pyridine rings is 1. The first-order valence-electron chi connectivity index (χ1n) is 6.95. The summed E-state index contributed by atoms with van der Waals surface area (Å²) in [6.45, 7) is 1.89. The van der Waals surface area contributed by atoms with Crippen LogP contribution >= 0.6 is 0 Å². The van der Waals surface area contributed by atoms with Gasteiger partial charge in [-0.05, 0) is 25.8 Å². The number of rotatable bonds is 2. The highest BCUT2D eigenvalue weighted by molar-refractivity contribution is 5.97. The molecular weight excluding hydrogens is 256 g/mol. The zero-order chi connectivity index (χ0) is 14.1. The average Bonchev–Trinajstić information content (AvgIpc) is 2.82. The van der Waals surface area contributed by atoms with Crippen molar-refractivity contribution < 1.29 is 9.90 Å². The number of carbonyl (C=O) groups is 1. The summed E-state index contributed by atoms with van der Waals surface area (Å²) >= 11 is 0. The highest BCUT2D eigenvalue weighted by Crippen LogP contribution is 2.19. The Balaban J connectivity index is 1.79. The van der Waals surface area contributed by atoms with E-state index in [9.17, 15) is 9.90 Å². The van der Waals surface area contributed by atoms with Gasteiger partial charge in [0.25, 0.3) is 5.91 Å². The molecule has 0 aliphatic heterocycles. The Bertz CT molecular complexity index is 637. The summed E-state index contributed by atoms with van der Waals surface area (Å²) in [5, 5.41) is 20.5. The van der Waals surface area contributed by atoms with Gasteiger partial charge in [0, 0.05) is 17.3 Å². The first kappa shape index (κ1) is 13.1. The molecule has 106 valence electrons. The summed E-state index contributed by atoms with van der Waals surface area (Å²) in [6.07, 6.45) is 4.72. The van der Waals surface area contributed by atoms with Gasteiger partial charge in [-0.25, -0.2) is 4.98 Å². The molecule has 2 aromatic heterocycles. The van der Waals surface area contributed by atoms with Crippen molar-refractivity contribution in [3.63, 3.8) is 0 Å². The number of H-pyrrole nitrogens is 1. The van der Waals surface area contributed by atoms with Crippen molar-refractivity contribution in [3.05, 3.63) is 23.5 Å². The number of hydrogen-bond acceptors (Lipinski definition) is 4. The SMILES string of the molecule is Cc1[nH]nc2ncc(C(=O)NC3CCCCC3O)cc12. The Morgan fingerprint density at radius 1 is 1.45 bits per heavy atom. The average molecular weight is 274 g/mol. The molecule has 1 aliphatic carbocycles. The molecule has 0 aromatic carbocycles. The molecule has 2 aromatic rings. The number of carbonyl (C=O) groups excluding carboxylic acids is 1. The van der Waals surface area contributed by atoms with Crippen molar-refractivity contribution in [2.45, 2.75) is 44.8 Å². The van der Waals surface area contributed by atoms with Crippen LogP contribution in [0.3, 0.4) is 0 Å². The lowest BCUT2D eigenvalue weighted by molar-refractivity contribution is 0.0717. The molecule has 6 heteroatoms. The van der Waals surface area contributed by atoms with Crippen LogP contribution in [0.25, 0.3) is 11.0 Å². The normalized spacial score (nSPS) is 22.9. The molecular formula is C14H18N4O2. The third kappa shape index (κ3) is 2.38. The molecule has 0 saturated heterocycles. The molecule has 1 fully saturated rings. The molecule has 0 spiro atoms. The third-order valence-electron chi connectivity index (χ3n) is 3.91. The highest BCUT2D eigenvalue weighted by atomic mass is 16.3. The maximum absolute atomic E-state index is 12.2. The van der Waals surface area contributed by atoms with Gasteiger partial charge in [-0.15, -0.1) is 0 Å². The van der Waals surface area contributed by atoms with Crippen molar-refractivity contribution in [1.82, 2.24) is 20.5 Å². The predicted octanol–water partition coefficient (Wildman–Crippen LogP) is 1.30. The van der Waals surface area contributed by atoms with E-state index >= 15 is 0 Å². The third-order valence-corrected chi connectivity index (χ3v) is 3.91. The van der Waals surface area contributed by atoms with Crippen molar-refractivity contribution in [3.8, 4) is 0 Å². The monoisotopic (exact) mass is 274 g/mol.